The van der Waals surface area contributed by atoms with Crippen LogP contribution in [0.2, 0.25) is 0 Å². The zero-order valence-electron chi connectivity index (χ0n) is 19.9. The molecule has 9 heteroatoms. The van der Waals surface area contributed by atoms with Crippen molar-refractivity contribution in [2.45, 2.75) is 45.7 Å². The third-order valence-electron chi connectivity index (χ3n) is 5.36. The molecule has 180 valence electrons. The minimum absolute atomic E-state index is 0.0893. The number of amides is 2. The minimum atomic E-state index is -3.75. The van der Waals surface area contributed by atoms with Crippen LogP contribution in [0, 0.1) is 0 Å². The van der Waals surface area contributed by atoms with Crippen LogP contribution < -0.4 is 9.62 Å². The molecular weight excluding hydrogens is 506 g/mol. The average Bonchev–Trinajstić information content (AvgIpc) is 2.73. The molecule has 0 unspecified atom stereocenters. The van der Waals surface area contributed by atoms with Crippen LogP contribution in [-0.2, 0) is 31.6 Å². The third-order valence-corrected chi connectivity index (χ3v) is 6.99. The van der Waals surface area contributed by atoms with Crippen LogP contribution in [-0.4, -0.2) is 51.0 Å². The number of nitrogens with one attached hydrogen (secondary N) is 1. The fraction of sp³-hybridized carbons (Fsp3) is 0.417. The Labute approximate surface area is 205 Å². The Bertz CT molecular complexity index is 1100. The lowest BCUT2D eigenvalue weighted by Gasteiger charge is -2.31. The molecule has 0 heterocycles. The van der Waals surface area contributed by atoms with Crippen LogP contribution in [0.25, 0.3) is 0 Å². The first-order valence-electron chi connectivity index (χ1n) is 10.6. The van der Waals surface area contributed by atoms with Gasteiger partial charge in [-0.05, 0) is 47.7 Å². The highest BCUT2D eigenvalue weighted by Crippen LogP contribution is 2.26. The number of hydrogen-bond donors (Lipinski definition) is 1. The van der Waals surface area contributed by atoms with Crippen LogP contribution in [0.4, 0.5) is 5.69 Å². The molecular formula is C24H32BrN3O4S. The van der Waals surface area contributed by atoms with Crippen molar-refractivity contribution in [3.8, 4) is 0 Å². The Morgan fingerprint density at radius 1 is 1.09 bits per heavy atom. The van der Waals surface area contributed by atoms with Crippen LogP contribution in [0.15, 0.2) is 53.0 Å². The van der Waals surface area contributed by atoms with Crippen molar-refractivity contribution in [2.24, 2.45) is 0 Å². The van der Waals surface area contributed by atoms with E-state index in [0.29, 0.717) is 5.69 Å². The first kappa shape index (κ1) is 26.9. The van der Waals surface area contributed by atoms with E-state index in [1.807, 2.05) is 36.4 Å². The molecule has 7 nitrogen and oxygen atoms in total. The van der Waals surface area contributed by atoms with Crippen LogP contribution in [0.1, 0.15) is 38.8 Å². The molecule has 0 bridgehead atoms. The maximum atomic E-state index is 13.4. The molecule has 0 spiro atoms. The number of rotatable bonds is 8. The number of anilines is 1. The summed E-state index contributed by atoms with van der Waals surface area (Å²) in [6.07, 6.45) is 1.07. The lowest BCUT2D eigenvalue weighted by atomic mass is 9.87. The predicted molar refractivity (Wildman–Crippen MR) is 136 cm³/mol. The summed E-state index contributed by atoms with van der Waals surface area (Å²) in [6, 6.07) is 13.8. The van der Waals surface area contributed by atoms with Gasteiger partial charge in [0, 0.05) is 18.1 Å². The highest BCUT2D eigenvalue weighted by Gasteiger charge is 2.30. The number of halogens is 1. The van der Waals surface area contributed by atoms with E-state index in [4.69, 9.17) is 0 Å². The quantitative estimate of drug-likeness (QED) is 0.556. The number of benzene rings is 2. The lowest BCUT2D eigenvalue weighted by Crippen LogP contribution is -2.50. The van der Waals surface area contributed by atoms with Crippen molar-refractivity contribution in [3.05, 3.63) is 64.1 Å². The second-order valence-electron chi connectivity index (χ2n) is 9.01. The van der Waals surface area contributed by atoms with Gasteiger partial charge in [-0.15, -0.1) is 0 Å². The van der Waals surface area contributed by atoms with Crippen molar-refractivity contribution < 1.29 is 18.0 Å². The molecule has 2 aromatic rings. The van der Waals surface area contributed by atoms with Crippen molar-refractivity contribution in [3.63, 3.8) is 0 Å². The van der Waals surface area contributed by atoms with E-state index in [-0.39, 0.29) is 17.9 Å². The van der Waals surface area contributed by atoms with Gasteiger partial charge in [-0.2, -0.15) is 0 Å². The summed E-state index contributed by atoms with van der Waals surface area (Å²) in [5.74, 6) is -0.810. The van der Waals surface area contributed by atoms with E-state index in [1.54, 1.807) is 19.1 Å². The van der Waals surface area contributed by atoms with E-state index >= 15 is 0 Å². The zero-order chi connectivity index (χ0) is 25.0. The van der Waals surface area contributed by atoms with Gasteiger partial charge in [-0.25, -0.2) is 8.42 Å². The molecule has 0 radical (unpaired) electrons. The molecule has 0 aliphatic carbocycles. The Balaban J connectivity index is 2.39. The Morgan fingerprint density at radius 2 is 1.70 bits per heavy atom. The highest BCUT2D eigenvalue weighted by molar-refractivity contribution is 9.10. The third kappa shape index (κ3) is 7.30. The van der Waals surface area contributed by atoms with Crippen molar-refractivity contribution >= 4 is 43.5 Å². The molecule has 1 N–H and O–H groups in total. The standard InChI is InChI=1S/C24H32BrN3O4S/c1-17(23(30)26-5)27(15-18-8-7-9-20(25)14-18)22(29)16-28(33(6,31)32)21-12-10-19(11-13-21)24(2,3)4/h7-14,17H,15-16H2,1-6H3,(H,26,30)/t17-/m1/s1. The Morgan fingerprint density at radius 3 is 2.18 bits per heavy atom. The van der Waals surface area contributed by atoms with E-state index < -0.39 is 28.5 Å². The lowest BCUT2D eigenvalue weighted by molar-refractivity contribution is -0.139. The normalized spacial score (nSPS) is 12.7. The summed E-state index contributed by atoms with van der Waals surface area (Å²) < 4.78 is 27.1. The molecule has 1 atom stereocenters. The first-order chi connectivity index (χ1) is 15.2. The number of carbonyl (C=O) groups is 2. The number of likely N-dealkylation sites (N-methyl/N-ethyl adjacent to an activating group) is 1. The topological polar surface area (TPSA) is 86.8 Å². The van der Waals surface area contributed by atoms with Crippen molar-refractivity contribution in [1.82, 2.24) is 10.2 Å². The first-order valence-corrected chi connectivity index (χ1v) is 13.2. The second kappa shape index (κ2) is 10.7. The zero-order valence-corrected chi connectivity index (χ0v) is 22.3. The fourth-order valence-electron chi connectivity index (χ4n) is 3.36. The molecule has 2 aromatic carbocycles. The largest absolute Gasteiger partial charge is 0.357 e. The predicted octanol–water partition coefficient (Wildman–Crippen LogP) is 3.68. The molecule has 0 saturated carbocycles. The summed E-state index contributed by atoms with van der Waals surface area (Å²) in [5, 5.41) is 2.56. The summed E-state index contributed by atoms with van der Waals surface area (Å²) in [4.78, 5) is 27.1. The number of carbonyl (C=O) groups excluding carboxylic acids is 2. The molecule has 0 aliphatic rings. The van der Waals surface area contributed by atoms with Gasteiger partial charge in [-0.1, -0.05) is 61.0 Å². The van der Waals surface area contributed by atoms with Gasteiger partial charge in [0.15, 0.2) is 0 Å². The van der Waals surface area contributed by atoms with Gasteiger partial charge < -0.3 is 10.2 Å². The van der Waals surface area contributed by atoms with Gasteiger partial charge in [0.1, 0.15) is 12.6 Å². The van der Waals surface area contributed by atoms with Crippen LogP contribution in [0.5, 0.6) is 0 Å². The van der Waals surface area contributed by atoms with Gasteiger partial charge in [0.2, 0.25) is 21.8 Å². The molecule has 33 heavy (non-hydrogen) atoms. The summed E-state index contributed by atoms with van der Waals surface area (Å²) in [6.45, 7) is 7.58. The van der Waals surface area contributed by atoms with E-state index in [1.165, 1.54) is 11.9 Å². The molecule has 0 fully saturated rings. The van der Waals surface area contributed by atoms with Crippen molar-refractivity contribution in [1.29, 1.82) is 0 Å². The van der Waals surface area contributed by atoms with E-state index in [9.17, 15) is 18.0 Å². The molecule has 0 saturated heterocycles. The van der Waals surface area contributed by atoms with Crippen molar-refractivity contribution in [2.75, 3.05) is 24.2 Å². The van der Waals surface area contributed by atoms with E-state index in [2.05, 4.69) is 42.0 Å². The molecule has 0 aromatic heterocycles. The second-order valence-corrected chi connectivity index (χ2v) is 11.8. The number of nitrogens with zero attached hydrogens (tertiary/aromatic N) is 2. The Kier molecular flexibility index (Phi) is 8.70. The van der Waals surface area contributed by atoms with Gasteiger partial charge in [0.25, 0.3) is 0 Å². The fourth-order valence-corrected chi connectivity index (χ4v) is 4.66. The highest BCUT2D eigenvalue weighted by atomic mass is 79.9. The van der Waals surface area contributed by atoms with Gasteiger partial charge in [-0.3, -0.25) is 13.9 Å². The van der Waals surface area contributed by atoms with Gasteiger partial charge >= 0.3 is 0 Å². The molecule has 0 aliphatic heterocycles. The molecule has 2 amide bonds. The maximum absolute atomic E-state index is 13.4. The number of sulfonamides is 1. The van der Waals surface area contributed by atoms with Crippen LogP contribution >= 0.6 is 15.9 Å². The Hall–Kier alpha value is -2.39. The van der Waals surface area contributed by atoms with Gasteiger partial charge in [0.05, 0.1) is 11.9 Å². The maximum Gasteiger partial charge on any atom is 0.244 e. The number of hydrogen-bond acceptors (Lipinski definition) is 4. The monoisotopic (exact) mass is 537 g/mol. The smallest absolute Gasteiger partial charge is 0.244 e. The summed E-state index contributed by atoms with van der Waals surface area (Å²) in [7, 11) is -2.25. The molecule has 2 rings (SSSR count). The summed E-state index contributed by atoms with van der Waals surface area (Å²) >= 11 is 3.42. The SMILES string of the molecule is CNC(=O)[C@@H](C)N(Cc1cccc(Br)c1)C(=O)CN(c1ccc(C(C)(C)C)cc1)S(C)(=O)=O. The summed E-state index contributed by atoms with van der Waals surface area (Å²) in [5.41, 5.74) is 2.17. The van der Waals surface area contributed by atoms with E-state index in [0.717, 1.165) is 26.2 Å². The van der Waals surface area contributed by atoms with Crippen LogP contribution in [0.3, 0.4) is 0 Å². The average molecular weight is 539 g/mol. The minimum Gasteiger partial charge on any atom is -0.357 e.